The number of thioether (sulfide) groups is 1. The van der Waals surface area contributed by atoms with Crippen molar-refractivity contribution in [3.05, 3.63) is 65.2 Å². The normalized spacial score (nSPS) is 13.0. The molecule has 0 saturated heterocycles. The summed E-state index contributed by atoms with van der Waals surface area (Å²) in [5.41, 5.74) is 0.300. The van der Waals surface area contributed by atoms with Gasteiger partial charge in [0.1, 0.15) is 11.6 Å². The lowest BCUT2D eigenvalue weighted by Gasteiger charge is -2.13. The van der Waals surface area contributed by atoms with Crippen LogP contribution in [0, 0.1) is 11.6 Å². The molecule has 24 heavy (non-hydrogen) atoms. The monoisotopic (exact) mass is 373 g/mol. The van der Waals surface area contributed by atoms with Gasteiger partial charge in [0.2, 0.25) is 10.0 Å². The van der Waals surface area contributed by atoms with Crippen LogP contribution in [0.25, 0.3) is 0 Å². The molecule has 0 aliphatic rings. The van der Waals surface area contributed by atoms with Crippen LogP contribution in [0.4, 0.5) is 8.78 Å². The lowest BCUT2D eigenvalue weighted by atomic mass is 10.1. The van der Waals surface area contributed by atoms with E-state index in [-0.39, 0.29) is 12.1 Å². The zero-order chi connectivity index (χ0) is 17.7. The molecular formula is C16H17F2NO3S2. The predicted molar refractivity (Wildman–Crippen MR) is 90.2 cm³/mol. The molecule has 0 saturated carbocycles. The summed E-state index contributed by atoms with van der Waals surface area (Å²) in [6, 6.07) is 9.68. The van der Waals surface area contributed by atoms with E-state index < -0.39 is 33.5 Å². The number of sulfonamides is 1. The summed E-state index contributed by atoms with van der Waals surface area (Å²) < 4.78 is 52.8. The summed E-state index contributed by atoms with van der Waals surface area (Å²) in [5.74, 6) is -2.21. The van der Waals surface area contributed by atoms with Crippen LogP contribution in [0.3, 0.4) is 0 Å². The first-order valence-electron chi connectivity index (χ1n) is 7.04. The molecule has 0 heterocycles. The van der Waals surface area contributed by atoms with Crippen LogP contribution in [-0.2, 0) is 15.8 Å². The third-order valence-corrected chi connectivity index (χ3v) is 5.39. The van der Waals surface area contributed by atoms with Gasteiger partial charge in [0.25, 0.3) is 0 Å². The summed E-state index contributed by atoms with van der Waals surface area (Å²) in [7, 11) is -3.91. The lowest BCUT2D eigenvalue weighted by Crippen LogP contribution is -2.29. The average molecular weight is 373 g/mol. The van der Waals surface area contributed by atoms with Crippen LogP contribution in [0.15, 0.2) is 47.4 Å². The number of aliphatic hydroxyl groups excluding tert-OH is 1. The SMILES string of the molecule is CSc1ccc(C(O)CNS(=O)(=O)Cc2cc(F)ccc2F)cc1. The Kier molecular flexibility index (Phi) is 6.34. The molecule has 0 fully saturated rings. The van der Waals surface area contributed by atoms with Gasteiger partial charge in [-0.1, -0.05) is 12.1 Å². The maximum Gasteiger partial charge on any atom is 0.215 e. The van der Waals surface area contributed by atoms with Crippen molar-refractivity contribution in [2.45, 2.75) is 16.8 Å². The van der Waals surface area contributed by atoms with Crippen molar-refractivity contribution in [2.75, 3.05) is 12.8 Å². The van der Waals surface area contributed by atoms with E-state index in [1.165, 1.54) is 0 Å². The minimum Gasteiger partial charge on any atom is -0.387 e. The number of aliphatic hydroxyl groups is 1. The highest BCUT2D eigenvalue weighted by molar-refractivity contribution is 7.98. The van der Waals surface area contributed by atoms with E-state index >= 15 is 0 Å². The molecule has 8 heteroatoms. The van der Waals surface area contributed by atoms with E-state index in [1.54, 1.807) is 23.9 Å². The fourth-order valence-electron chi connectivity index (χ4n) is 2.06. The number of rotatable bonds is 7. The Hall–Kier alpha value is -1.48. The maximum absolute atomic E-state index is 13.5. The van der Waals surface area contributed by atoms with Crippen LogP contribution in [0.5, 0.6) is 0 Å². The third kappa shape index (κ3) is 5.27. The van der Waals surface area contributed by atoms with Gasteiger partial charge in [-0.25, -0.2) is 21.9 Å². The summed E-state index contributed by atoms with van der Waals surface area (Å²) in [6.07, 6.45) is 0.888. The van der Waals surface area contributed by atoms with Crippen molar-refractivity contribution in [1.29, 1.82) is 0 Å². The molecule has 0 aromatic heterocycles. The maximum atomic E-state index is 13.5. The van der Waals surface area contributed by atoms with Crippen molar-refractivity contribution in [3.63, 3.8) is 0 Å². The second-order valence-corrected chi connectivity index (χ2v) is 7.82. The van der Waals surface area contributed by atoms with Crippen LogP contribution >= 0.6 is 11.8 Å². The first kappa shape index (κ1) is 18.9. The molecule has 2 rings (SSSR count). The molecule has 130 valence electrons. The molecule has 0 aliphatic heterocycles. The molecule has 4 nitrogen and oxygen atoms in total. The minimum absolute atomic E-state index is 0.252. The van der Waals surface area contributed by atoms with Crippen molar-refractivity contribution in [3.8, 4) is 0 Å². The molecular weight excluding hydrogens is 356 g/mol. The summed E-state index contributed by atoms with van der Waals surface area (Å²) in [6.45, 7) is -0.252. The highest BCUT2D eigenvalue weighted by atomic mass is 32.2. The molecule has 1 unspecified atom stereocenters. The fourth-order valence-corrected chi connectivity index (χ4v) is 3.61. The Morgan fingerprint density at radius 2 is 1.83 bits per heavy atom. The van der Waals surface area contributed by atoms with Gasteiger partial charge >= 0.3 is 0 Å². The number of benzene rings is 2. The van der Waals surface area contributed by atoms with E-state index in [2.05, 4.69) is 4.72 Å². The molecule has 2 aromatic rings. The van der Waals surface area contributed by atoms with Gasteiger partial charge in [0.05, 0.1) is 11.9 Å². The lowest BCUT2D eigenvalue weighted by molar-refractivity contribution is 0.182. The Morgan fingerprint density at radius 1 is 1.17 bits per heavy atom. The Balaban J connectivity index is 1.99. The summed E-state index contributed by atoms with van der Waals surface area (Å²) in [5, 5.41) is 10.0. The van der Waals surface area contributed by atoms with Gasteiger partial charge < -0.3 is 5.11 Å². The van der Waals surface area contributed by atoms with Crippen LogP contribution < -0.4 is 4.72 Å². The standard InChI is InChI=1S/C16H17F2NO3S2/c1-23-14-5-2-11(3-6-14)16(20)9-19-24(21,22)10-12-8-13(17)4-7-15(12)18/h2-8,16,19-20H,9-10H2,1H3. The van der Waals surface area contributed by atoms with Gasteiger partial charge in [-0.05, 0) is 42.2 Å². The molecule has 1 atom stereocenters. The second kappa shape index (κ2) is 8.06. The number of nitrogens with one attached hydrogen (secondary N) is 1. The second-order valence-electron chi connectivity index (χ2n) is 5.13. The molecule has 0 bridgehead atoms. The summed E-state index contributed by atoms with van der Waals surface area (Å²) >= 11 is 1.55. The average Bonchev–Trinajstić information content (AvgIpc) is 2.56. The number of hydrogen-bond acceptors (Lipinski definition) is 4. The highest BCUT2D eigenvalue weighted by Gasteiger charge is 2.17. The number of hydrogen-bond donors (Lipinski definition) is 2. The van der Waals surface area contributed by atoms with E-state index in [0.717, 1.165) is 23.1 Å². The van der Waals surface area contributed by atoms with E-state index in [9.17, 15) is 22.3 Å². The van der Waals surface area contributed by atoms with Crippen molar-refractivity contribution in [2.24, 2.45) is 0 Å². The van der Waals surface area contributed by atoms with Crippen LogP contribution in [0.1, 0.15) is 17.2 Å². The Bertz CT molecular complexity index is 795. The smallest absolute Gasteiger partial charge is 0.215 e. The van der Waals surface area contributed by atoms with Gasteiger partial charge in [0, 0.05) is 17.0 Å². The number of halogens is 2. The first-order chi connectivity index (χ1) is 11.3. The highest BCUT2D eigenvalue weighted by Crippen LogP contribution is 2.19. The quantitative estimate of drug-likeness (QED) is 0.733. The van der Waals surface area contributed by atoms with Gasteiger partial charge in [0.15, 0.2) is 0 Å². The van der Waals surface area contributed by atoms with Gasteiger partial charge in [-0.3, -0.25) is 0 Å². The zero-order valence-electron chi connectivity index (χ0n) is 12.9. The van der Waals surface area contributed by atoms with Crippen molar-refractivity contribution in [1.82, 2.24) is 4.72 Å². The van der Waals surface area contributed by atoms with Gasteiger partial charge in [-0.15, -0.1) is 11.8 Å². The van der Waals surface area contributed by atoms with E-state index in [0.29, 0.717) is 5.56 Å². The summed E-state index contributed by atoms with van der Waals surface area (Å²) in [4.78, 5) is 1.02. The predicted octanol–water partition coefficient (Wildman–Crippen LogP) is 2.84. The molecule has 0 amide bonds. The Morgan fingerprint density at radius 3 is 2.46 bits per heavy atom. The Labute approximate surface area is 144 Å². The van der Waals surface area contributed by atoms with Gasteiger partial charge in [-0.2, -0.15) is 0 Å². The first-order valence-corrected chi connectivity index (χ1v) is 9.92. The van der Waals surface area contributed by atoms with Crippen LogP contribution in [-0.4, -0.2) is 26.3 Å². The molecule has 0 radical (unpaired) electrons. The molecule has 0 spiro atoms. The van der Waals surface area contributed by atoms with Crippen molar-refractivity contribution < 1.29 is 22.3 Å². The van der Waals surface area contributed by atoms with E-state index in [4.69, 9.17) is 0 Å². The zero-order valence-corrected chi connectivity index (χ0v) is 14.5. The van der Waals surface area contributed by atoms with E-state index in [1.807, 2.05) is 18.4 Å². The molecule has 2 N–H and O–H groups in total. The topological polar surface area (TPSA) is 66.4 Å². The third-order valence-electron chi connectivity index (χ3n) is 3.35. The fraction of sp³-hybridized carbons (Fsp3) is 0.250. The molecule has 2 aromatic carbocycles. The largest absolute Gasteiger partial charge is 0.387 e. The van der Waals surface area contributed by atoms with Crippen LogP contribution in [0.2, 0.25) is 0 Å². The minimum atomic E-state index is -3.91. The van der Waals surface area contributed by atoms with Crippen molar-refractivity contribution >= 4 is 21.8 Å². The molecule has 0 aliphatic carbocycles.